The van der Waals surface area contributed by atoms with Crippen molar-refractivity contribution in [2.45, 2.75) is 122 Å². The van der Waals surface area contributed by atoms with Crippen LogP contribution in [0.4, 0.5) is 23.1 Å². The first-order valence-corrected chi connectivity index (χ1v) is 23.7. The largest absolute Gasteiger partial charge is 0.495 e. The average molecular weight is 901 g/mol. The van der Waals surface area contributed by atoms with E-state index in [4.69, 9.17) is 14.7 Å². The molecule has 18 nitrogen and oxygen atoms in total. The van der Waals surface area contributed by atoms with E-state index >= 15 is 0 Å². The fraction of sp³-hybridized carbons (Fsp3) is 0.521. The molecule has 9 rings (SSSR count). The average Bonchev–Trinajstić information content (AvgIpc) is 3.88. The van der Waals surface area contributed by atoms with Gasteiger partial charge in [0, 0.05) is 74.0 Å². The van der Waals surface area contributed by atoms with Crippen LogP contribution >= 0.6 is 0 Å². The number of likely N-dealkylation sites (tertiary alicyclic amines) is 1. The molecule has 66 heavy (non-hydrogen) atoms. The van der Waals surface area contributed by atoms with Crippen LogP contribution in [0.2, 0.25) is 0 Å². The number of benzene rings is 2. The van der Waals surface area contributed by atoms with Crippen LogP contribution in [0, 0.1) is 12.8 Å². The van der Waals surface area contributed by atoms with Gasteiger partial charge in [0.1, 0.15) is 23.3 Å². The van der Waals surface area contributed by atoms with E-state index in [1.54, 1.807) is 30.2 Å². The van der Waals surface area contributed by atoms with Crippen LogP contribution in [0.15, 0.2) is 42.6 Å². The third-order valence-electron chi connectivity index (χ3n) is 14.0. The van der Waals surface area contributed by atoms with Crippen molar-refractivity contribution in [2.75, 3.05) is 48.8 Å². The Bertz CT molecular complexity index is 2490. The Labute approximate surface area is 384 Å². The van der Waals surface area contributed by atoms with Crippen LogP contribution in [0.3, 0.4) is 0 Å². The van der Waals surface area contributed by atoms with Crippen LogP contribution in [-0.4, -0.2) is 109 Å². The molecule has 2 aromatic carbocycles. The van der Waals surface area contributed by atoms with Crippen LogP contribution in [-0.2, 0) is 20.9 Å². The number of carbonyl (C=O) groups excluding carboxylic acids is 5. The number of nitrogens with zero attached hydrogens (tertiary/aromatic N) is 8. The maximum Gasteiger partial charge on any atom is 0.255 e. The maximum atomic E-state index is 13.5. The second-order valence-corrected chi connectivity index (χ2v) is 18.2. The Balaban J connectivity index is 0.746. The Morgan fingerprint density at radius 2 is 1.77 bits per heavy atom. The zero-order valence-electron chi connectivity index (χ0n) is 38.1. The fourth-order valence-corrected chi connectivity index (χ4v) is 10.4. The minimum atomic E-state index is -0.663. The van der Waals surface area contributed by atoms with E-state index in [1.807, 2.05) is 36.2 Å². The first-order chi connectivity index (χ1) is 32.1. The lowest BCUT2D eigenvalue weighted by molar-refractivity contribution is -0.137. The molecule has 6 heterocycles. The van der Waals surface area contributed by atoms with Gasteiger partial charge in [-0.25, -0.2) is 4.98 Å². The molecule has 2 aromatic heterocycles. The Hall–Kier alpha value is -6.59. The summed E-state index contributed by atoms with van der Waals surface area (Å²) in [4.78, 5) is 79.6. The van der Waals surface area contributed by atoms with E-state index in [1.165, 1.54) is 32.1 Å². The summed E-state index contributed by atoms with van der Waals surface area (Å²) >= 11 is 0. The van der Waals surface area contributed by atoms with Crippen LogP contribution in [0.5, 0.6) is 5.75 Å². The number of rotatable bonds is 15. The molecular formula is C48H60N12O6. The molecule has 1 aliphatic carbocycles. The van der Waals surface area contributed by atoms with Gasteiger partial charge in [-0.1, -0.05) is 32.3 Å². The summed E-state index contributed by atoms with van der Waals surface area (Å²) in [5, 5.41) is 21.3. The summed E-state index contributed by atoms with van der Waals surface area (Å²) in [5.41, 5.74) is 4.21. The lowest BCUT2D eigenvalue weighted by Gasteiger charge is -2.39. The molecular weight excluding hydrogens is 841 g/mol. The number of amides is 5. The van der Waals surface area contributed by atoms with E-state index in [-0.39, 0.29) is 42.1 Å². The molecule has 5 aliphatic rings. The molecule has 348 valence electrons. The monoisotopic (exact) mass is 900 g/mol. The first kappa shape index (κ1) is 44.6. The van der Waals surface area contributed by atoms with Crippen molar-refractivity contribution in [1.29, 1.82) is 0 Å². The summed E-state index contributed by atoms with van der Waals surface area (Å²) in [7, 11) is 1.57. The topological polar surface area (TPSA) is 209 Å². The maximum absolute atomic E-state index is 13.5. The normalized spacial score (nSPS) is 19.8. The van der Waals surface area contributed by atoms with Crippen molar-refractivity contribution in [3.05, 3.63) is 70.9 Å². The van der Waals surface area contributed by atoms with Gasteiger partial charge in [-0.3, -0.25) is 33.9 Å². The molecule has 18 heteroatoms. The van der Waals surface area contributed by atoms with Crippen LogP contribution in [0.25, 0.3) is 5.69 Å². The predicted octanol–water partition coefficient (Wildman–Crippen LogP) is 5.73. The number of anilines is 4. The van der Waals surface area contributed by atoms with Crippen molar-refractivity contribution in [2.24, 2.45) is 5.92 Å². The Kier molecular flexibility index (Phi) is 13.2. The number of hydrogen-bond acceptors (Lipinski definition) is 13. The second-order valence-electron chi connectivity index (χ2n) is 18.2. The minimum Gasteiger partial charge on any atom is -0.495 e. The van der Waals surface area contributed by atoms with Gasteiger partial charge in [0.25, 0.3) is 11.8 Å². The number of unbranched alkanes of at least 4 members (excludes halogenated alkanes) is 1. The number of fused-ring (bicyclic) bond motifs is 4. The van der Waals surface area contributed by atoms with E-state index in [9.17, 15) is 24.0 Å². The first-order valence-electron chi connectivity index (χ1n) is 23.7. The molecule has 0 bridgehead atoms. The molecule has 3 fully saturated rings. The van der Waals surface area contributed by atoms with E-state index in [2.05, 4.69) is 47.9 Å². The predicted molar refractivity (Wildman–Crippen MR) is 247 cm³/mol. The van der Waals surface area contributed by atoms with Crippen LogP contribution in [0.1, 0.15) is 134 Å². The quantitative estimate of drug-likeness (QED) is 0.0831. The van der Waals surface area contributed by atoms with Gasteiger partial charge in [0.05, 0.1) is 25.0 Å². The fourth-order valence-electron chi connectivity index (χ4n) is 10.4. The minimum absolute atomic E-state index is 0.0473. The summed E-state index contributed by atoms with van der Waals surface area (Å²) in [6, 6.07) is 10.1. The zero-order valence-corrected chi connectivity index (χ0v) is 38.1. The number of imide groups is 1. The molecule has 4 aliphatic heterocycles. The van der Waals surface area contributed by atoms with Gasteiger partial charge >= 0.3 is 0 Å². The highest BCUT2D eigenvalue weighted by Gasteiger charge is 2.40. The molecule has 1 saturated carbocycles. The molecule has 0 radical (unpaired) electrons. The lowest BCUT2D eigenvalue weighted by Crippen LogP contribution is -2.52. The van der Waals surface area contributed by atoms with Crippen molar-refractivity contribution in [3.63, 3.8) is 0 Å². The highest BCUT2D eigenvalue weighted by Crippen LogP contribution is 2.41. The number of hydrogen-bond donors (Lipinski definition) is 4. The summed E-state index contributed by atoms with van der Waals surface area (Å²) in [6.07, 6.45) is 12.7. The number of aromatic nitrogens is 5. The molecule has 4 aromatic rings. The third-order valence-corrected chi connectivity index (χ3v) is 14.0. The van der Waals surface area contributed by atoms with E-state index < -0.39 is 11.9 Å². The van der Waals surface area contributed by atoms with Crippen molar-refractivity contribution in [1.82, 2.24) is 45.2 Å². The van der Waals surface area contributed by atoms with Gasteiger partial charge < -0.3 is 35.4 Å². The third kappa shape index (κ3) is 9.14. The smallest absolute Gasteiger partial charge is 0.255 e. The van der Waals surface area contributed by atoms with Gasteiger partial charge in [-0.15, -0.1) is 10.2 Å². The summed E-state index contributed by atoms with van der Waals surface area (Å²) in [5.74, 6) is 3.02. The Morgan fingerprint density at radius 3 is 2.55 bits per heavy atom. The molecule has 0 spiro atoms. The van der Waals surface area contributed by atoms with Gasteiger partial charge in [0.15, 0.2) is 11.6 Å². The number of piperidine rings is 2. The van der Waals surface area contributed by atoms with Crippen molar-refractivity contribution in [3.8, 4) is 11.4 Å². The number of aryl methyl sites for hydroxylation is 1. The molecule has 2 unspecified atom stereocenters. The van der Waals surface area contributed by atoms with E-state index in [0.29, 0.717) is 92.7 Å². The standard InChI is InChI=1S/C48H60N12O6/c1-4-37-44-56-55-29(2)60(44)39-26-50-48(54-43(39)58(37)27-30-11-6-5-7-12-30)52-36-17-16-31(25-40(36)66-3)45(63)51-32-20-23-57(24-21-32)42(62)15-8-9-22-49-35-14-10-13-33-34(35)28-59(47(33)65)38-18-19-41(61)53-46(38)64/h10,13-14,16-17,25-26,30,32,37-38,49H,4-9,11-12,15,18-24,27-28H2,1-3H3,(H,51,63)(H,50,52,54)(H,53,61,64). The second kappa shape index (κ2) is 19.5. The van der Waals surface area contributed by atoms with Gasteiger partial charge in [0.2, 0.25) is 23.7 Å². The van der Waals surface area contributed by atoms with Crippen LogP contribution < -0.4 is 30.9 Å². The number of nitrogens with one attached hydrogen (secondary N) is 4. The van der Waals surface area contributed by atoms with Gasteiger partial charge in [-0.2, -0.15) is 4.98 Å². The van der Waals surface area contributed by atoms with Gasteiger partial charge in [-0.05, 0) is 94.5 Å². The van der Waals surface area contributed by atoms with E-state index in [0.717, 1.165) is 53.8 Å². The van der Waals surface area contributed by atoms with Crippen molar-refractivity contribution < 1.29 is 28.7 Å². The zero-order chi connectivity index (χ0) is 45.9. The highest BCUT2D eigenvalue weighted by atomic mass is 16.5. The molecule has 4 N–H and O–H groups in total. The summed E-state index contributed by atoms with van der Waals surface area (Å²) < 4.78 is 7.85. The highest BCUT2D eigenvalue weighted by molar-refractivity contribution is 6.06. The lowest BCUT2D eigenvalue weighted by atomic mass is 9.88. The molecule has 2 saturated heterocycles. The summed E-state index contributed by atoms with van der Waals surface area (Å²) in [6.45, 7) is 7.10. The number of ether oxygens (including phenoxy) is 1. The van der Waals surface area contributed by atoms with Crippen molar-refractivity contribution >= 4 is 52.7 Å². The number of methoxy groups -OCH3 is 1. The number of carbonyl (C=O) groups is 5. The molecule has 2 atom stereocenters. The Morgan fingerprint density at radius 1 is 0.955 bits per heavy atom. The molecule has 5 amide bonds. The SMILES string of the molecule is CCC1c2nnc(C)n2-c2cnc(Nc3ccc(C(=O)NC4CCN(C(=O)CCCCNc5cccc6c5CN(C5CCC(=O)NC5=O)C6=O)CC4)cc3OC)nc2N1CC1CCCCC1.